The van der Waals surface area contributed by atoms with Gasteiger partial charge in [0, 0.05) is 32.1 Å². The quantitative estimate of drug-likeness (QED) is 0.730. The Bertz CT molecular complexity index is 653. The molecule has 1 aliphatic heterocycles. The predicted octanol–water partition coefficient (Wildman–Crippen LogP) is 1.52. The van der Waals surface area contributed by atoms with E-state index in [1.54, 1.807) is 28.6 Å². The molecule has 1 saturated heterocycles. The number of carbonyl (C=O) groups is 1. The van der Waals surface area contributed by atoms with E-state index in [9.17, 15) is 13.2 Å². The highest BCUT2D eigenvalue weighted by atomic mass is 32.2. The van der Waals surface area contributed by atoms with Gasteiger partial charge in [-0.05, 0) is 50.9 Å². The SMILES string of the molecule is CNC(C)CNC(=O)CCc1ccc(S(=O)(=O)N2CCCCC2)cc1. The molecule has 1 heterocycles. The van der Waals surface area contributed by atoms with Crippen LogP contribution in [0.15, 0.2) is 29.2 Å². The van der Waals surface area contributed by atoms with Gasteiger partial charge in [0.2, 0.25) is 15.9 Å². The highest BCUT2D eigenvalue weighted by Gasteiger charge is 2.25. The zero-order valence-corrected chi connectivity index (χ0v) is 15.9. The number of rotatable bonds is 8. The molecule has 0 aromatic heterocycles. The average Bonchev–Trinajstić information content (AvgIpc) is 2.65. The molecule has 1 atom stereocenters. The number of nitrogens with zero attached hydrogens (tertiary/aromatic N) is 1. The van der Waals surface area contributed by atoms with Crippen LogP contribution in [0.2, 0.25) is 0 Å². The molecule has 6 nitrogen and oxygen atoms in total. The Balaban J connectivity index is 1.88. The Kier molecular flexibility index (Phi) is 7.40. The normalized spacial score (nSPS) is 17.2. The van der Waals surface area contributed by atoms with E-state index in [0.717, 1.165) is 24.8 Å². The topological polar surface area (TPSA) is 78.5 Å². The van der Waals surface area contributed by atoms with Gasteiger partial charge in [0.15, 0.2) is 0 Å². The van der Waals surface area contributed by atoms with Gasteiger partial charge in [-0.1, -0.05) is 18.6 Å². The van der Waals surface area contributed by atoms with Gasteiger partial charge in [-0.25, -0.2) is 8.42 Å². The molecule has 0 bridgehead atoms. The molecule has 1 unspecified atom stereocenters. The largest absolute Gasteiger partial charge is 0.355 e. The standard InChI is InChI=1S/C18H29N3O3S/c1-15(19-2)14-20-18(22)11-8-16-6-9-17(10-7-16)25(23,24)21-12-4-3-5-13-21/h6-7,9-10,15,19H,3-5,8,11-14H2,1-2H3,(H,20,22). The van der Waals surface area contributed by atoms with Gasteiger partial charge in [0.1, 0.15) is 0 Å². The first-order valence-electron chi connectivity index (χ1n) is 8.96. The number of likely N-dealkylation sites (N-methyl/N-ethyl adjacent to an activating group) is 1. The van der Waals surface area contributed by atoms with Crippen LogP contribution in [0.5, 0.6) is 0 Å². The summed E-state index contributed by atoms with van der Waals surface area (Å²) < 4.78 is 26.8. The molecule has 0 spiro atoms. The molecular formula is C18H29N3O3S. The van der Waals surface area contributed by atoms with Crippen LogP contribution in [0.1, 0.15) is 38.2 Å². The van der Waals surface area contributed by atoms with E-state index in [1.807, 2.05) is 14.0 Å². The fourth-order valence-corrected chi connectivity index (χ4v) is 4.31. The van der Waals surface area contributed by atoms with Gasteiger partial charge >= 0.3 is 0 Å². The maximum atomic E-state index is 12.6. The fourth-order valence-electron chi connectivity index (χ4n) is 2.80. The maximum Gasteiger partial charge on any atom is 0.243 e. The summed E-state index contributed by atoms with van der Waals surface area (Å²) in [5, 5.41) is 5.94. The summed E-state index contributed by atoms with van der Waals surface area (Å²) in [6.07, 6.45) is 3.95. The lowest BCUT2D eigenvalue weighted by molar-refractivity contribution is -0.121. The summed E-state index contributed by atoms with van der Waals surface area (Å²) >= 11 is 0. The van der Waals surface area contributed by atoms with Gasteiger partial charge in [0.25, 0.3) is 0 Å². The molecule has 1 amide bonds. The van der Waals surface area contributed by atoms with E-state index < -0.39 is 10.0 Å². The summed E-state index contributed by atoms with van der Waals surface area (Å²) in [7, 11) is -1.53. The van der Waals surface area contributed by atoms with Crippen LogP contribution in [-0.2, 0) is 21.2 Å². The minimum atomic E-state index is -3.38. The Morgan fingerprint density at radius 2 is 1.80 bits per heavy atom. The molecule has 2 N–H and O–H groups in total. The average molecular weight is 368 g/mol. The fraction of sp³-hybridized carbons (Fsp3) is 0.611. The summed E-state index contributed by atoms with van der Waals surface area (Å²) in [6.45, 7) is 3.81. The Morgan fingerprint density at radius 3 is 2.40 bits per heavy atom. The Labute approximate surface area is 151 Å². The van der Waals surface area contributed by atoms with E-state index in [1.165, 1.54) is 0 Å². The molecule has 1 fully saturated rings. The van der Waals surface area contributed by atoms with Crippen molar-refractivity contribution in [2.45, 2.75) is 50.0 Å². The number of carbonyl (C=O) groups excluding carboxylic acids is 1. The zero-order chi connectivity index (χ0) is 18.3. The van der Waals surface area contributed by atoms with Crippen molar-refractivity contribution in [2.24, 2.45) is 0 Å². The van der Waals surface area contributed by atoms with Crippen LogP contribution in [0.3, 0.4) is 0 Å². The van der Waals surface area contributed by atoms with Crippen molar-refractivity contribution < 1.29 is 13.2 Å². The minimum absolute atomic E-state index is 0.00659. The monoisotopic (exact) mass is 367 g/mol. The Morgan fingerprint density at radius 1 is 1.16 bits per heavy atom. The minimum Gasteiger partial charge on any atom is -0.355 e. The summed E-state index contributed by atoms with van der Waals surface area (Å²) in [5.74, 6) is 0.00659. The van der Waals surface area contributed by atoms with Gasteiger partial charge in [-0.2, -0.15) is 4.31 Å². The molecule has 0 radical (unpaired) electrons. The van der Waals surface area contributed by atoms with Crippen molar-refractivity contribution in [1.82, 2.24) is 14.9 Å². The third-order valence-electron chi connectivity index (χ3n) is 4.62. The second kappa shape index (κ2) is 9.31. The first-order chi connectivity index (χ1) is 11.9. The molecule has 140 valence electrons. The molecule has 1 aromatic carbocycles. The molecule has 0 aliphatic carbocycles. The molecule has 2 rings (SSSR count). The number of piperidine rings is 1. The van der Waals surface area contributed by atoms with Gasteiger partial charge in [-0.3, -0.25) is 4.79 Å². The number of nitrogens with one attached hydrogen (secondary N) is 2. The molecule has 1 aliphatic rings. The predicted molar refractivity (Wildman–Crippen MR) is 98.9 cm³/mol. The second-order valence-corrected chi connectivity index (χ2v) is 8.54. The summed E-state index contributed by atoms with van der Waals surface area (Å²) in [4.78, 5) is 12.2. The second-order valence-electron chi connectivity index (χ2n) is 6.60. The molecular weight excluding hydrogens is 338 g/mol. The lowest BCUT2D eigenvalue weighted by atomic mass is 10.1. The first-order valence-corrected chi connectivity index (χ1v) is 10.4. The smallest absolute Gasteiger partial charge is 0.243 e. The van der Waals surface area contributed by atoms with Gasteiger partial charge in [-0.15, -0.1) is 0 Å². The van der Waals surface area contributed by atoms with E-state index >= 15 is 0 Å². The lowest BCUT2D eigenvalue weighted by Crippen LogP contribution is -2.37. The van der Waals surface area contributed by atoms with Crippen molar-refractivity contribution in [3.05, 3.63) is 29.8 Å². The summed E-state index contributed by atoms with van der Waals surface area (Å²) in [6, 6.07) is 7.16. The van der Waals surface area contributed by atoms with Crippen molar-refractivity contribution in [3.63, 3.8) is 0 Å². The van der Waals surface area contributed by atoms with Crippen LogP contribution in [-0.4, -0.2) is 51.4 Å². The molecule has 25 heavy (non-hydrogen) atoms. The number of hydrogen-bond acceptors (Lipinski definition) is 4. The number of hydrogen-bond donors (Lipinski definition) is 2. The third-order valence-corrected chi connectivity index (χ3v) is 6.53. The van der Waals surface area contributed by atoms with Crippen LogP contribution >= 0.6 is 0 Å². The van der Waals surface area contributed by atoms with Crippen molar-refractivity contribution in [2.75, 3.05) is 26.7 Å². The van der Waals surface area contributed by atoms with E-state index in [2.05, 4.69) is 10.6 Å². The third kappa shape index (κ3) is 5.80. The number of sulfonamides is 1. The van der Waals surface area contributed by atoms with Crippen LogP contribution in [0, 0.1) is 0 Å². The maximum absolute atomic E-state index is 12.6. The van der Waals surface area contributed by atoms with Crippen molar-refractivity contribution in [1.29, 1.82) is 0 Å². The highest BCUT2D eigenvalue weighted by Crippen LogP contribution is 2.21. The van der Waals surface area contributed by atoms with Crippen LogP contribution < -0.4 is 10.6 Å². The molecule has 7 heteroatoms. The lowest BCUT2D eigenvalue weighted by Gasteiger charge is -2.25. The number of aryl methyl sites for hydroxylation is 1. The first kappa shape index (κ1) is 19.9. The van der Waals surface area contributed by atoms with Crippen LogP contribution in [0.25, 0.3) is 0 Å². The van der Waals surface area contributed by atoms with Gasteiger partial charge < -0.3 is 10.6 Å². The number of benzene rings is 1. The van der Waals surface area contributed by atoms with Crippen molar-refractivity contribution in [3.8, 4) is 0 Å². The summed E-state index contributed by atoms with van der Waals surface area (Å²) in [5.41, 5.74) is 0.967. The highest BCUT2D eigenvalue weighted by molar-refractivity contribution is 7.89. The zero-order valence-electron chi connectivity index (χ0n) is 15.1. The van der Waals surface area contributed by atoms with Gasteiger partial charge in [0.05, 0.1) is 4.90 Å². The Hall–Kier alpha value is -1.44. The molecule has 0 saturated carbocycles. The molecule has 1 aromatic rings. The van der Waals surface area contributed by atoms with Crippen LogP contribution in [0.4, 0.5) is 0 Å². The van der Waals surface area contributed by atoms with E-state index in [0.29, 0.717) is 37.4 Å². The van der Waals surface area contributed by atoms with E-state index in [4.69, 9.17) is 0 Å². The number of amides is 1. The van der Waals surface area contributed by atoms with Crippen molar-refractivity contribution >= 4 is 15.9 Å². The van der Waals surface area contributed by atoms with E-state index in [-0.39, 0.29) is 11.9 Å².